The molecule has 0 radical (unpaired) electrons. The summed E-state index contributed by atoms with van der Waals surface area (Å²) in [6.07, 6.45) is 0. The van der Waals surface area contributed by atoms with Crippen LogP contribution >= 0.6 is 0 Å². The highest BCUT2D eigenvalue weighted by Crippen LogP contribution is 2.40. The van der Waals surface area contributed by atoms with Crippen LogP contribution < -0.4 is 0 Å². The van der Waals surface area contributed by atoms with Gasteiger partial charge in [0.15, 0.2) is 0 Å². The second kappa shape index (κ2) is 13.7. The molecule has 6 aromatic carbocycles. The molecule has 2 atom stereocenters. The quantitative estimate of drug-likeness (QED) is 0.124. The summed E-state index contributed by atoms with van der Waals surface area (Å²) in [6, 6.07) is 45.6. The Bertz CT molecular complexity index is 1760. The van der Waals surface area contributed by atoms with Gasteiger partial charge >= 0.3 is 0 Å². The van der Waals surface area contributed by atoms with Crippen LogP contribution in [-0.4, -0.2) is 31.8 Å². The predicted molar refractivity (Wildman–Crippen MR) is 182 cm³/mol. The SMILES string of the molecule is Oc1ccccc1C(=N[C@H](c1ccccc1)[C@H](N=C(c1ccccc1O)c1ccccc1O)c1ccccc1)c1ccccc1O. The number of phenols is 4. The molecule has 0 heterocycles. The third kappa shape index (κ3) is 6.37. The van der Waals surface area contributed by atoms with Gasteiger partial charge in [-0.05, 0) is 59.7 Å². The lowest BCUT2D eigenvalue weighted by Gasteiger charge is -2.25. The summed E-state index contributed by atoms with van der Waals surface area (Å²) in [7, 11) is 0. The summed E-state index contributed by atoms with van der Waals surface area (Å²) in [4.78, 5) is 10.7. The maximum absolute atomic E-state index is 11.0. The van der Waals surface area contributed by atoms with E-state index >= 15 is 0 Å². The van der Waals surface area contributed by atoms with Gasteiger partial charge in [-0.1, -0.05) is 109 Å². The van der Waals surface area contributed by atoms with Gasteiger partial charge in [-0.25, -0.2) is 0 Å². The maximum Gasteiger partial charge on any atom is 0.124 e. The van der Waals surface area contributed by atoms with Crippen LogP contribution in [0.5, 0.6) is 23.0 Å². The summed E-state index contributed by atoms with van der Waals surface area (Å²) in [5.74, 6) is 0.0562. The fraction of sp³-hybridized carbons (Fsp3) is 0.0500. The topological polar surface area (TPSA) is 106 Å². The van der Waals surface area contributed by atoms with Gasteiger partial charge in [0, 0.05) is 22.3 Å². The van der Waals surface area contributed by atoms with Crippen molar-refractivity contribution in [1.29, 1.82) is 0 Å². The Morgan fingerprint density at radius 2 is 0.565 bits per heavy atom. The van der Waals surface area contributed by atoms with Crippen LogP contribution in [0.2, 0.25) is 0 Å². The molecule has 6 aromatic rings. The maximum atomic E-state index is 11.0. The molecule has 0 aliphatic rings. The molecule has 0 aliphatic carbocycles. The minimum absolute atomic E-state index is 0.0141. The smallest absolute Gasteiger partial charge is 0.124 e. The van der Waals surface area contributed by atoms with Crippen LogP contribution in [0.15, 0.2) is 168 Å². The van der Waals surface area contributed by atoms with Crippen molar-refractivity contribution in [3.8, 4) is 23.0 Å². The van der Waals surface area contributed by atoms with Crippen LogP contribution in [0.1, 0.15) is 45.5 Å². The first kappa shape index (κ1) is 29.9. The van der Waals surface area contributed by atoms with E-state index in [9.17, 15) is 20.4 Å². The van der Waals surface area contributed by atoms with E-state index in [-0.39, 0.29) is 23.0 Å². The second-order valence-electron chi connectivity index (χ2n) is 10.7. The van der Waals surface area contributed by atoms with Crippen molar-refractivity contribution in [1.82, 2.24) is 0 Å². The lowest BCUT2D eigenvalue weighted by molar-refractivity contribution is 0.470. The molecule has 0 amide bonds. The summed E-state index contributed by atoms with van der Waals surface area (Å²) in [5, 5.41) is 44.1. The highest BCUT2D eigenvalue weighted by molar-refractivity contribution is 6.17. The molecule has 4 N–H and O–H groups in total. The van der Waals surface area contributed by atoms with Crippen molar-refractivity contribution in [2.45, 2.75) is 12.1 Å². The summed E-state index contributed by atoms with van der Waals surface area (Å²) in [6.45, 7) is 0. The Morgan fingerprint density at radius 1 is 0.326 bits per heavy atom. The molecular formula is C40H32N2O4. The van der Waals surface area contributed by atoms with Gasteiger partial charge in [0.25, 0.3) is 0 Å². The first-order valence-corrected chi connectivity index (χ1v) is 14.9. The summed E-state index contributed by atoms with van der Waals surface area (Å²) < 4.78 is 0. The molecule has 6 nitrogen and oxygen atoms in total. The highest BCUT2D eigenvalue weighted by Gasteiger charge is 2.29. The molecule has 226 valence electrons. The van der Waals surface area contributed by atoms with Crippen molar-refractivity contribution in [2.75, 3.05) is 0 Å². The van der Waals surface area contributed by atoms with Crippen molar-refractivity contribution in [2.24, 2.45) is 9.98 Å². The van der Waals surface area contributed by atoms with E-state index in [4.69, 9.17) is 9.98 Å². The Morgan fingerprint density at radius 3 is 0.826 bits per heavy atom. The van der Waals surface area contributed by atoms with Crippen molar-refractivity contribution < 1.29 is 20.4 Å². The van der Waals surface area contributed by atoms with Crippen LogP contribution in [0.3, 0.4) is 0 Å². The van der Waals surface area contributed by atoms with E-state index in [0.717, 1.165) is 11.1 Å². The fourth-order valence-electron chi connectivity index (χ4n) is 5.50. The van der Waals surface area contributed by atoms with Crippen LogP contribution in [0, 0.1) is 0 Å². The number of nitrogens with zero attached hydrogens (tertiary/aromatic N) is 2. The highest BCUT2D eigenvalue weighted by atomic mass is 16.3. The number of phenolic OH excluding ortho intramolecular Hbond substituents is 4. The number of hydrogen-bond acceptors (Lipinski definition) is 6. The molecule has 46 heavy (non-hydrogen) atoms. The van der Waals surface area contributed by atoms with Gasteiger partial charge in [-0.3, -0.25) is 9.98 Å². The van der Waals surface area contributed by atoms with E-state index in [0.29, 0.717) is 33.7 Å². The van der Waals surface area contributed by atoms with E-state index in [1.807, 2.05) is 84.9 Å². The zero-order valence-corrected chi connectivity index (χ0v) is 24.8. The van der Waals surface area contributed by atoms with Crippen molar-refractivity contribution in [3.63, 3.8) is 0 Å². The standard InChI is InChI=1S/C40H32N2O4/c43-33-23-11-7-19-29(33)39(30-20-8-12-24-34(30)44)41-37(27-15-3-1-4-16-27)38(28-17-5-2-6-18-28)42-40(31-21-9-13-25-35(31)45)32-22-10-14-26-36(32)46/h1-26,37-38,43-46H/t37-,38-/m1/s1. The minimum Gasteiger partial charge on any atom is -0.507 e. The van der Waals surface area contributed by atoms with E-state index in [1.165, 1.54) is 0 Å². The lowest BCUT2D eigenvalue weighted by atomic mass is 9.91. The lowest BCUT2D eigenvalue weighted by Crippen LogP contribution is -2.16. The molecule has 0 fully saturated rings. The normalized spacial score (nSPS) is 12.1. The molecule has 6 heteroatoms. The summed E-state index contributed by atoms with van der Waals surface area (Å²) >= 11 is 0. The third-order valence-electron chi connectivity index (χ3n) is 7.75. The Balaban J connectivity index is 1.69. The molecule has 0 aromatic heterocycles. The van der Waals surface area contributed by atoms with Gasteiger partial charge in [0.1, 0.15) is 35.1 Å². The van der Waals surface area contributed by atoms with Gasteiger partial charge in [0.2, 0.25) is 0 Å². The molecule has 0 aliphatic heterocycles. The molecule has 0 saturated heterocycles. The Kier molecular flexibility index (Phi) is 8.88. The van der Waals surface area contributed by atoms with E-state index < -0.39 is 12.1 Å². The van der Waals surface area contributed by atoms with Gasteiger partial charge in [0.05, 0.1) is 11.4 Å². The molecule has 6 rings (SSSR count). The molecule has 0 unspecified atom stereocenters. The van der Waals surface area contributed by atoms with Crippen molar-refractivity contribution >= 4 is 11.4 Å². The van der Waals surface area contributed by atoms with Crippen LogP contribution in [0.4, 0.5) is 0 Å². The second-order valence-corrected chi connectivity index (χ2v) is 10.7. The Labute approximate surface area is 267 Å². The number of rotatable bonds is 9. The first-order valence-electron chi connectivity index (χ1n) is 14.9. The number of para-hydroxylation sites is 4. The van der Waals surface area contributed by atoms with Gasteiger partial charge in [-0.15, -0.1) is 0 Å². The average Bonchev–Trinajstić information content (AvgIpc) is 3.09. The molecule has 0 saturated carbocycles. The summed E-state index contributed by atoms with van der Waals surface area (Å²) in [5.41, 5.74) is 4.21. The minimum atomic E-state index is -0.690. The molecular weight excluding hydrogens is 572 g/mol. The molecule has 0 bridgehead atoms. The largest absolute Gasteiger partial charge is 0.507 e. The first-order chi connectivity index (χ1) is 22.5. The number of aliphatic imine (C=N–C) groups is 2. The Hall–Kier alpha value is -6.14. The third-order valence-corrected chi connectivity index (χ3v) is 7.75. The van der Waals surface area contributed by atoms with Gasteiger partial charge < -0.3 is 20.4 Å². The average molecular weight is 605 g/mol. The van der Waals surface area contributed by atoms with Crippen LogP contribution in [0.25, 0.3) is 0 Å². The fourth-order valence-corrected chi connectivity index (χ4v) is 5.50. The van der Waals surface area contributed by atoms with E-state index in [2.05, 4.69) is 0 Å². The zero-order chi connectivity index (χ0) is 31.9. The molecule has 0 spiro atoms. The number of benzene rings is 6. The number of hydrogen-bond donors (Lipinski definition) is 4. The zero-order valence-electron chi connectivity index (χ0n) is 24.8. The predicted octanol–water partition coefficient (Wildman–Crippen LogP) is 8.37. The van der Waals surface area contributed by atoms with Gasteiger partial charge in [-0.2, -0.15) is 0 Å². The van der Waals surface area contributed by atoms with Crippen LogP contribution in [-0.2, 0) is 0 Å². The number of aromatic hydroxyl groups is 4. The monoisotopic (exact) mass is 604 g/mol. The van der Waals surface area contributed by atoms with E-state index in [1.54, 1.807) is 72.8 Å². The van der Waals surface area contributed by atoms with Crippen molar-refractivity contribution in [3.05, 3.63) is 191 Å².